The molecule has 1 fully saturated rings. The summed E-state index contributed by atoms with van der Waals surface area (Å²) in [6, 6.07) is 4.14. The standard InChI is InChI=1S/C14H19F2NO/c15-11-4-7-14(13(16)10-11)18-9-3-1-2-8-17-12-5-6-12/h4,7,10,12,17H,1-3,5-6,8-9H2. The number of hydrogen-bond donors (Lipinski definition) is 1. The number of rotatable bonds is 8. The molecule has 1 aromatic carbocycles. The fourth-order valence-corrected chi connectivity index (χ4v) is 1.77. The van der Waals surface area contributed by atoms with Crippen LogP contribution in [0.5, 0.6) is 5.75 Å². The van der Waals surface area contributed by atoms with Gasteiger partial charge >= 0.3 is 0 Å². The molecule has 0 amide bonds. The monoisotopic (exact) mass is 255 g/mol. The molecule has 1 saturated carbocycles. The van der Waals surface area contributed by atoms with Crippen molar-refractivity contribution in [1.29, 1.82) is 0 Å². The van der Waals surface area contributed by atoms with E-state index in [4.69, 9.17) is 4.74 Å². The quantitative estimate of drug-likeness (QED) is 0.720. The van der Waals surface area contributed by atoms with E-state index in [0.717, 1.165) is 37.9 Å². The van der Waals surface area contributed by atoms with E-state index in [2.05, 4.69) is 5.32 Å². The van der Waals surface area contributed by atoms with Gasteiger partial charge in [-0.05, 0) is 50.8 Å². The lowest BCUT2D eigenvalue weighted by atomic mass is 10.2. The summed E-state index contributed by atoms with van der Waals surface area (Å²) in [6.07, 6.45) is 5.69. The molecule has 18 heavy (non-hydrogen) atoms. The maximum absolute atomic E-state index is 13.2. The van der Waals surface area contributed by atoms with Crippen LogP contribution in [0.4, 0.5) is 8.78 Å². The molecule has 0 radical (unpaired) electrons. The van der Waals surface area contributed by atoms with Crippen LogP contribution in [-0.2, 0) is 0 Å². The highest BCUT2D eigenvalue weighted by Gasteiger charge is 2.19. The minimum Gasteiger partial charge on any atom is -0.491 e. The van der Waals surface area contributed by atoms with Crippen molar-refractivity contribution in [3.63, 3.8) is 0 Å². The van der Waals surface area contributed by atoms with Crippen LogP contribution in [-0.4, -0.2) is 19.2 Å². The van der Waals surface area contributed by atoms with Crippen molar-refractivity contribution < 1.29 is 13.5 Å². The van der Waals surface area contributed by atoms with Crippen molar-refractivity contribution in [2.24, 2.45) is 0 Å². The van der Waals surface area contributed by atoms with Gasteiger partial charge in [0.25, 0.3) is 0 Å². The lowest BCUT2D eigenvalue weighted by Gasteiger charge is -2.07. The first-order valence-electron chi connectivity index (χ1n) is 6.57. The summed E-state index contributed by atoms with van der Waals surface area (Å²) in [5.41, 5.74) is 0. The topological polar surface area (TPSA) is 21.3 Å². The van der Waals surface area contributed by atoms with Gasteiger partial charge in [-0.2, -0.15) is 0 Å². The zero-order valence-electron chi connectivity index (χ0n) is 10.4. The normalized spacial score (nSPS) is 14.8. The van der Waals surface area contributed by atoms with Crippen LogP contribution < -0.4 is 10.1 Å². The molecular formula is C14H19F2NO. The molecule has 1 aliphatic rings. The summed E-state index contributed by atoms with van der Waals surface area (Å²) >= 11 is 0. The lowest BCUT2D eigenvalue weighted by molar-refractivity contribution is 0.289. The minimum absolute atomic E-state index is 0.132. The Kier molecular flexibility index (Phi) is 4.93. The Morgan fingerprint density at radius 2 is 2.00 bits per heavy atom. The number of ether oxygens (including phenoxy) is 1. The molecule has 2 nitrogen and oxygen atoms in total. The number of unbranched alkanes of at least 4 members (excludes halogenated alkanes) is 2. The van der Waals surface area contributed by atoms with E-state index >= 15 is 0 Å². The van der Waals surface area contributed by atoms with Gasteiger partial charge in [-0.15, -0.1) is 0 Å². The highest BCUT2D eigenvalue weighted by molar-refractivity contribution is 5.24. The van der Waals surface area contributed by atoms with Gasteiger partial charge in [0.15, 0.2) is 11.6 Å². The first-order valence-corrected chi connectivity index (χ1v) is 6.57. The first-order chi connectivity index (χ1) is 8.75. The third-order valence-electron chi connectivity index (χ3n) is 2.98. The van der Waals surface area contributed by atoms with E-state index in [0.29, 0.717) is 6.61 Å². The van der Waals surface area contributed by atoms with Crippen molar-refractivity contribution >= 4 is 0 Å². The van der Waals surface area contributed by atoms with Gasteiger partial charge in [-0.1, -0.05) is 0 Å². The van der Waals surface area contributed by atoms with Crippen LogP contribution in [0, 0.1) is 11.6 Å². The Morgan fingerprint density at radius 1 is 1.17 bits per heavy atom. The number of halogens is 2. The molecule has 0 saturated heterocycles. The van der Waals surface area contributed by atoms with Gasteiger partial charge in [-0.25, -0.2) is 8.78 Å². The molecule has 0 atom stereocenters. The highest BCUT2D eigenvalue weighted by Crippen LogP contribution is 2.19. The van der Waals surface area contributed by atoms with Crippen molar-refractivity contribution in [2.75, 3.05) is 13.2 Å². The van der Waals surface area contributed by atoms with Crippen molar-refractivity contribution in [3.8, 4) is 5.75 Å². The number of nitrogens with one attached hydrogen (secondary N) is 1. The SMILES string of the molecule is Fc1ccc(OCCCCCNC2CC2)c(F)c1. The summed E-state index contributed by atoms with van der Waals surface area (Å²) in [5, 5.41) is 3.44. The molecule has 0 aromatic heterocycles. The summed E-state index contributed by atoms with van der Waals surface area (Å²) in [5.74, 6) is -1.08. The molecule has 2 rings (SSSR count). The van der Waals surface area contributed by atoms with E-state index in [1.807, 2.05) is 0 Å². The fourth-order valence-electron chi connectivity index (χ4n) is 1.77. The highest BCUT2D eigenvalue weighted by atomic mass is 19.1. The Balaban J connectivity index is 1.53. The largest absolute Gasteiger partial charge is 0.491 e. The second-order valence-electron chi connectivity index (χ2n) is 4.71. The average molecular weight is 255 g/mol. The molecule has 0 spiro atoms. The Morgan fingerprint density at radius 3 is 2.72 bits per heavy atom. The van der Waals surface area contributed by atoms with Gasteiger partial charge in [-0.3, -0.25) is 0 Å². The smallest absolute Gasteiger partial charge is 0.167 e. The van der Waals surface area contributed by atoms with E-state index in [9.17, 15) is 8.78 Å². The third kappa shape index (κ3) is 4.61. The minimum atomic E-state index is -0.634. The molecule has 1 N–H and O–H groups in total. The van der Waals surface area contributed by atoms with Crippen molar-refractivity contribution in [1.82, 2.24) is 5.32 Å². The number of benzene rings is 1. The molecule has 1 aromatic rings. The second kappa shape index (κ2) is 6.69. The van der Waals surface area contributed by atoms with E-state index in [1.54, 1.807) is 0 Å². The van der Waals surface area contributed by atoms with Crippen LogP contribution in [0.3, 0.4) is 0 Å². The Bertz CT molecular complexity index is 380. The fraction of sp³-hybridized carbons (Fsp3) is 0.571. The predicted molar refractivity (Wildman–Crippen MR) is 66.7 cm³/mol. The van der Waals surface area contributed by atoms with Gasteiger partial charge in [0, 0.05) is 12.1 Å². The van der Waals surface area contributed by atoms with Gasteiger partial charge in [0.05, 0.1) is 6.61 Å². The molecule has 0 bridgehead atoms. The summed E-state index contributed by atoms with van der Waals surface area (Å²) in [6.45, 7) is 1.53. The summed E-state index contributed by atoms with van der Waals surface area (Å²) in [7, 11) is 0. The maximum atomic E-state index is 13.2. The van der Waals surface area contributed by atoms with Crippen LogP contribution in [0.15, 0.2) is 18.2 Å². The Labute approximate surface area is 106 Å². The molecule has 0 unspecified atom stereocenters. The molecule has 0 aliphatic heterocycles. The first kappa shape index (κ1) is 13.3. The predicted octanol–water partition coefficient (Wildman–Crippen LogP) is 3.27. The maximum Gasteiger partial charge on any atom is 0.167 e. The summed E-state index contributed by atoms with van der Waals surface area (Å²) < 4.78 is 31.1. The molecule has 1 aliphatic carbocycles. The zero-order chi connectivity index (χ0) is 12.8. The summed E-state index contributed by atoms with van der Waals surface area (Å²) in [4.78, 5) is 0. The van der Waals surface area contributed by atoms with Crippen LogP contribution in [0.25, 0.3) is 0 Å². The van der Waals surface area contributed by atoms with Crippen molar-refractivity contribution in [3.05, 3.63) is 29.8 Å². The van der Waals surface area contributed by atoms with Gasteiger partial charge in [0.1, 0.15) is 5.82 Å². The lowest BCUT2D eigenvalue weighted by Crippen LogP contribution is -2.17. The Hall–Kier alpha value is -1.16. The van der Waals surface area contributed by atoms with E-state index < -0.39 is 11.6 Å². The van der Waals surface area contributed by atoms with Gasteiger partial charge < -0.3 is 10.1 Å². The van der Waals surface area contributed by atoms with Crippen LogP contribution in [0.2, 0.25) is 0 Å². The second-order valence-corrected chi connectivity index (χ2v) is 4.71. The molecule has 0 heterocycles. The van der Waals surface area contributed by atoms with Gasteiger partial charge in [0.2, 0.25) is 0 Å². The third-order valence-corrected chi connectivity index (χ3v) is 2.98. The van der Waals surface area contributed by atoms with E-state index in [1.165, 1.54) is 25.0 Å². The average Bonchev–Trinajstić information content (AvgIpc) is 3.14. The molecule has 100 valence electrons. The molecule has 4 heteroatoms. The van der Waals surface area contributed by atoms with Crippen LogP contribution in [0.1, 0.15) is 32.1 Å². The zero-order valence-corrected chi connectivity index (χ0v) is 10.4. The van der Waals surface area contributed by atoms with E-state index in [-0.39, 0.29) is 5.75 Å². The number of hydrogen-bond acceptors (Lipinski definition) is 2. The van der Waals surface area contributed by atoms with Crippen LogP contribution >= 0.6 is 0 Å². The van der Waals surface area contributed by atoms with Crippen molar-refractivity contribution in [2.45, 2.75) is 38.1 Å². The molecular weight excluding hydrogens is 236 g/mol.